The molecule has 3 N–H and O–H groups in total. The summed E-state index contributed by atoms with van der Waals surface area (Å²) >= 11 is 0. The molecule has 1 unspecified atom stereocenters. The summed E-state index contributed by atoms with van der Waals surface area (Å²) in [5, 5.41) is 15.3. The van der Waals surface area contributed by atoms with Crippen LogP contribution in [-0.2, 0) is 6.54 Å². The highest BCUT2D eigenvalue weighted by atomic mass is 16.3. The summed E-state index contributed by atoms with van der Waals surface area (Å²) in [5.74, 6) is 0.399. The monoisotopic (exact) mass is 316 g/mol. The van der Waals surface area contributed by atoms with Crippen LogP contribution in [0.25, 0.3) is 11.0 Å². The van der Waals surface area contributed by atoms with E-state index >= 15 is 0 Å². The van der Waals surface area contributed by atoms with Crippen LogP contribution in [0.4, 0.5) is 4.79 Å². The number of fused-ring (bicyclic) bond motifs is 1. The lowest BCUT2D eigenvalue weighted by Gasteiger charge is -2.28. The Morgan fingerprint density at radius 2 is 2.22 bits per heavy atom. The molecule has 2 amide bonds. The molecule has 1 fully saturated rings. The van der Waals surface area contributed by atoms with Gasteiger partial charge in [-0.15, -0.1) is 0 Å². The summed E-state index contributed by atoms with van der Waals surface area (Å²) in [6.45, 7) is 3.28. The number of amides is 2. The summed E-state index contributed by atoms with van der Waals surface area (Å²) in [6.07, 6.45) is 4.81. The maximum absolute atomic E-state index is 12.0. The first-order valence-corrected chi connectivity index (χ1v) is 8.19. The topological polar surface area (TPSA) is 79.2 Å². The zero-order valence-corrected chi connectivity index (χ0v) is 13.5. The summed E-state index contributed by atoms with van der Waals surface area (Å²) in [4.78, 5) is 16.3. The molecule has 124 valence electrons. The summed E-state index contributed by atoms with van der Waals surface area (Å²) in [6, 6.07) is 7.81. The first-order valence-electron chi connectivity index (χ1n) is 8.19. The predicted octanol–water partition coefficient (Wildman–Crippen LogP) is 1.89. The Kier molecular flexibility index (Phi) is 4.52. The minimum atomic E-state index is -0.495. The fourth-order valence-electron chi connectivity index (χ4n) is 2.93. The Balaban J connectivity index is 1.43. The molecule has 0 aliphatic heterocycles. The Hall–Kier alpha value is -2.08. The molecule has 1 saturated carbocycles. The van der Waals surface area contributed by atoms with Crippen LogP contribution < -0.4 is 10.6 Å². The van der Waals surface area contributed by atoms with E-state index in [2.05, 4.69) is 20.2 Å². The molecule has 1 heterocycles. The standard InChI is InChI=1S/C17H24N4O2/c1-17(11-22,13-7-8-13)20-16(23)18-9-4-10-21-12-19-14-5-2-3-6-15(14)21/h2-3,5-6,12-13,22H,4,7-11H2,1H3,(H2,18,20,23). The first kappa shape index (κ1) is 15.8. The molecular weight excluding hydrogens is 292 g/mol. The van der Waals surface area contributed by atoms with E-state index in [1.165, 1.54) is 0 Å². The second kappa shape index (κ2) is 6.58. The number of aliphatic hydroxyl groups is 1. The molecule has 0 spiro atoms. The molecule has 23 heavy (non-hydrogen) atoms. The molecule has 1 aliphatic rings. The molecule has 1 aromatic carbocycles. The van der Waals surface area contributed by atoms with Crippen molar-refractivity contribution in [2.75, 3.05) is 13.2 Å². The van der Waals surface area contributed by atoms with Crippen LogP contribution in [0.2, 0.25) is 0 Å². The number of hydrogen-bond donors (Lipinski definition) is 3. The molecular formula is C17H24N4O2. The van der Waals surface area contributed by atoms with E-state index in [9.17, 15) is 9.90 Å². The van der Waals surface area contributed by atoms with Crippen LogP contribution in [0.5, 0.6) is 0 Å². The second-order valence-electron chi connectivity index (χ2n) is 6.51. The molecule has 0 bridgehead atoms. The maximum atomic E-state index is 12.0. The largest absolute Gasteiger partial charge is 0.394 e. The Bertz CT molecular complexity index is 680. The summed E-state index contributed by atoms with van der Waals surface area (Å²) in [7, 11) is 0. The smallest absolute Gasteiger partial charge is 0.315 e. The van der Waals surface area contributed by atoms with Crippen LogP contribution in [0.1, 0.15) is 26.2 Å². The lowest BCUT2D eigenvalue weighted by atomic mass is 9.97. The molecule has 0 radical (unpaired) electrons. The van der Waals surface area contributed by atoms with Crippen LogP contribution in [0.15, 0.2) is 30.6 Å². The number of nitrogens with one attached hydrogen (secondary N) is 2. The van der Waals surface area contributed by atoms with E-state index in [-0.39, 0.29) is 12.6 Å². The molecule has 0 saturated heterocycles. The van der Waals surface area contributed by atoms with Crippen molar-refractivity contribution in [1.82, 2.24) is 20.2 Å². The number of benzene rings is 1. The number of aryl methyl sites for hydroxylation is 1. The van der Waals surface area contributed by atoms with Gasteiger partial charge in [-0.25, -0.2) is 9.78 Å². The highest BCUT2D eigenvalue weighted by molar-refractivity contribution is 5.75. The van der Waals surface area contributed by atoms with E-state index in [1.54, 1.807) is 0 Å². The Morgan fingerprint density at radius 1 is 1.43 bits per heavy atom. The molecule has 1 aliphatic carbocycles. The Morgan fingerprint density at radius 3 is 2.96 bits per heavy atom. The van der Waals surface area contributed by atoms with E-state index in [0.29, 0.717) is 12.5 Å². The van der Waals surface area contributed by atoms with Gasteiger partial charge in [0.2, 0.25) is 0 Å². The van der Waals surface area contributed by atoms with Gasteiger partial charge in [-0.05, 0) is 44.2 Å². The number of imidazole rings is 1. The molecule has 1 aromatic heterocycles. The third-order valence-corrected chi connectivity index (χ3v) is 4.59. The van der Waals surface area contributed by atoms with Gasteiger partial charge < -0.3 is 20.3 Å². The average Bonchev–Trinajstić information content (AvgIpc) is 3.34. The normalized spacial score (nSPS) is 17.0. The van der Waals surface area contributed by atoms with Gasteiger partial charge in [-0.1, -0.05) is 12.1 Å². The lowest BCUT2D eigenvalue weighted by molar-refractivity contribution is 0.155. The second-order valence-corrected chi connectivity index (χ2v) is 6.51. The number of carbonyl (C=O) groups is 1. The molecule has 6 heteroatoms. The number of nitrogens with zero attached hydrogens (tertiary/aromatic N) is 2. The number of rotatable bonds is 7. The molecule has 3 rings (SSSR count). The van der Waals surface area contributed by atoms with Crippen LogP contribution in [0, 0.1) is 5.92 Å². The minimum absolute atomic E-state index is 0.0217. The first-order chi connectivity index (χ1) is 11.1. The third-order valence-electron chi connectivity index (χ3n) is 4.59. The van der Waals surface area contributed by atoms with Gasteiger partial charge >= 0.3 is 6.03 Å². The van der Waals surface area contributed by atoms with Crippen molar-refractivity contribution >= 4 is 17.1 Å². The van der Waals surface area contributed by atoms with Crippen molar-refractivity contribution < 1.29 is 9.90 Å². The Labute approximate surface area is 135 Å². The van der Waals surface area contributed by atoms with Gasteiger partial charge in [0.25, 0.3) is 0 Å². The van der Waals surface area contributed by atoms with Gasteiger partial charge in [-0.3, -0.25) is 0 Å². The zero-order chi connectivity index (χ0) is 16.3. The van der Waals surface area contributed by atoms with Crippen molar-refractivity contribution in [3.63, 3.8) is 0 Å². The number of para-hydroxylation sites is 2. The number of aromatic nitrogens is 2. The minimum Gasteiger partial charge on any atom is -0.394 e. The van der Waals surface area contributed by atoms with Gasteiger partial charge in [0.1, 0.15) is 0 Å². The predicted molar refractivity (Wildman–Crippen MR) is 89.1 cm³/mol. The summed E-state index contributed by atoms with van der Waals surface area (Å²) < 4.78 is 2.09. The summed E-state index contributed by atoms with van der Waals surface area (Å²) in [5.41, 5.74) is 1.60. The lowest BCUT2D eigenvalue weighted by Crippen LogP contribution is -2.54. The highest BCUT2D eigenvalue weighted by Gasteiger charge is 2.42. The number of hydrogen-bond acceptors (Lipinski definition) is 3. The fraction of sp³-hybridized carbons (Fsp3) is 0.529. The van der Waals surface area contributed by atoms with Crippen LogP contribution in [0.3, 0.4) is 0 Å². The van der Waals surface area contributed by atoms with Crippen LogP contribution in [-0.4, -0.2) is 39.4 Å². The number of urea groups is 1. The molecule has 1 atom stereocenters. The number of carbonyl (C=O) groups excluding carboxylic acids is 1. The SMILES string of the molecule is CC(CO)(NC(=O)NCCCn1cnc2ccccc21)C1CC1. The highest BCUT2D eigenvalue weighted by Crippen LogP contribution is 2.39. The third kappa shape index (κ3) is 3.64. The van der Waals surface area contributed by atoms with Gasteiger partial charge in [0.05, 0.1) is 29.5 Å². The average molecular weight is 316 g/mol. The van der Waals surface area contributed by atoms with E-state index in [1.807, 2.05) is 37.5 Å². The quantitative estimate of drug-likeness (QED) is 0.683. The molecule has 2 aromatic rings. The zero-order valence-electron chi connectivity index (χ0n) is 13.5. The van der Waals surface area contributed by atoms with Crippen molar-refractivity contribution in [2.24, 2.45) is 5.92 Å². The van der Waals surface area contributed by atoms with Gasteiger partial charge in [0, 0.05) is 13.1 Å². The van der Waals surface area contributed by atoms with Crippen molar-refractivity contribution in [3.05, 3.63) is 30.6 Å². The van der Waals surface area contributed by atoms with E-state index in [4.69, 9.17) is 0 Å². The van der Waals surface area contributed by atoms with E-state index < -0.39 is 5.54 Å². The van der Waals surface area contributed by atoms with Gasteiger partial charge in [-0.2, -0.15) is 0 Å². The van der Waals surface area contributed by atoms with Crippen molar-refractivity contribution in [2.45, 2.75) is 38.3 Å². The molecule has 6 nitrogen and oxygen atoms in total. The maximum Gasteiger partial charge on any atom is 0.315 e. The van der Waals surface area contributed by atoms with Crippen molar-refractivity contribution in [3.8, 4) is 0 Å². The van der Waals surface area contributed by atoms with Gasteiger partial charge in [0.15, 0.2) is 0 Å². The van der Waals surface area contributed by atoms with Crippen LogP contribution >= 0.6 is 0 Å². The van der Waals surface area contributed by atoms with Crippen molar-refractivity contribution in [1.29, 1.82) is 0 Å². The number of aliphatic hydroxyl groups excluding tert-OH is 1. The van der Waals surface area contributed by atoms with E-state index in [0.717, 1.165) is 36.8 Å². The fourth-order valence-corrected chi connectivity index (χ4v) is 2.93.